The van der Waals surface area contributed by atoms with Gasteiger partial charge in [0.1, 0.15) is 6.20 Å². The van der Waals surface area contributed by atoms with Crippen molar-refractivity contribution in [3.8, 4) is 0 Å². The van der Waals surface area contributed by atoms with Crippen LogP contribution in [0, 0.1) is 10.1 Å². The molecule has 1 atom stereocenters. The Labute approximate surface area is 136 Å². The van der Waals surface area contributed by atoms with Gasteiger partial charge < -0.3 is 4.90 Å². The summed E-state index contributed by atoms with van der Waals surface area (Å²) in [5, 5.41) is 15.1. The molecule has 2 aromatic heterocycles. The quantitative estimate of drug-likeness (QED) is 0.627. The van der Waals surface area contributed by atoms with Gasteiger partial charge in [-0.05, 0) is 18.9 Å². The molecule has 23 heavy (non-hydrogen) atoms. The molecule has 0 aliphatic carbocycles. The van der Waals surface area contributed by atoms with Gasteiger partial charge in [0.25, 0.3) is 5.69 Å². The first-order valence-corrected chi connectivity index (χ1v) is 7.99. The lowest BCUT2D eigenvalue weighted by atomic mass is 10.1. The number of piperidine rings is 1. The van der Waals surface area contributed by atoms with Crippen molar-refractivity contribution in [2.45, 2.75) is 23.1 Å². The van der Waals surface area contributed by atoms with Crippen molar-refractivity contribution in [3.05, 3.63) is 40.8 Å². The van der Waals surface area contributed by atoms with Gasteiger partial charge in [-0.1, -0.05) is 11.8 Å². The van der Waals surface area contributed by atoms with Crippen LogP contribution in [0.1, 0.15) is 12.8 Å². The number of carbonyl (C=O) groups excluding carboxylic acids is 1. The third-order valence-electron chi connectivity index (χ3n) is 3.59. The topological polar surface area (TPSA) is 94.2 Å². The predicted molar refractivity (Wildman–Crippen MR) is 85.3 cm³/mol. The zero-order chi connectivity index (χ0) is 16.4. The number of carbonyl (C=O) groups is 1. The van der Waals surface area contributed by atoms with E-state index in [0.29, 0.717) is 11.6 Å². The molecular formula is C14H15N5O3S. The highest BCUT2D eigenvalue weighted by atomic mass is 32.2. The van der Waals surface area contributed by atoms with Crippen molar-refractivity contribution in [1.82, 2.24) is 14.8 Å². The first-order valence-electron chi connectivity index (χ1n) is 7.12. The van der Waals surface area contributed by atoms with Gasteiger partial charge >= 0.3 is 0 Å². The molecule has 0 N–H and O–H groups in total. The van der Waals surface area contributed by atoms with E-state index >= 15 is 0 Å². The van der Waals surface area contributed by atoms with E-state index < -0.39 is 4.92 Å². The highest BCUT2D eigenvalue weighted by molar-refractivity contribution is 8.00. The molecule has 3 rings (SSSR count). The fourth-order valence-electron chi connectivity index (χ4n) is 2.45. The maximum Gasteiger partial charge on any atom is 0.287 e. The predicted octanol–water partition coefficient (Wildman–Crippen LogP) is 2.01. The number of nitrogens with zero attached hydrogens (tertiary/aromatic N) is 5. The lowest BCUT2D eigenvalue weighted by molar-refractivity contribution is -0.385. The molecule has 120 valence electrons. The highest BCUT2D eigenvalue weighted by Gasteiger charge is 2.31. The van der Waals surface area contributed by atoms with E-state index in [4.69, 9.17) is 0 Å². The Morgan fingerprint density at radius 2 is 2.22 bits per heavy atom. The monoisotopic (exact) mass is 333 g/mol. The molecule has 1 aliphatic heterocycles. The number of nitro groups is 1. The zero-order valence-corrected chi connectivity index (χ0v) is 13.3. The molecule has 0 aromatic carbocycles. The molecular weight excluding hydrogens is 318 g/mol. The summed E-state index contributed by atoms with van der Waals surface area (Å²) in [7, 11) is 1.81. The Kier molecular flexibility index (Phi) is 4.28. The summed E-state index contributed by atoms with van der Waals surface area (Å²) in [5.41, 5.74) is 0.737. The largest absolute Gasteiger partial charge is 0.309 e. The van der Waals surface area contributed by atoms with Crippen LogP contribution in [0.3, 0.4) is 0 Å². The maximum atomic E-state index is 12.6. The van der Waals surface area contributed by atoms with Crippen LogP contribution in [0.2, 0.25) is 0 Å². The van der Waals surface area contributed by atoms with Gasteiger partial charge in [0.05, 0.1) is 27.1 Å². The molecule has 1 amide bonds. The number of thioether (sulfide) groups is 1. The summed E-state index contributed by atoms with van der Waals surface area (Å²) in [6, 6.07) is 2.99. The van der Waals surface area contributed by atoms with Gasteiger partial charge in [-0.3, -0.25) is 19.6 Å². The van der Waals surface area contributed by atoms with E-state index in [1.807, 2.05) is 13.2 Å². The minimum absolute atomic E-state index is 0.0226. The minimum atomic E-state index is -0.489. The summed E-state index contributed by atoms with van der Waals surface area (Å²) in [5.74, 6) is 0.0226. The number of pyridine rings is 1. The first kappa shape index (κ1) is 15.5. The van der Waals surface area contributed by atoms with Gasteiger partial charge in [0.2, 0.25) is 5.91 Å². The summed E-state index contributed by atoms with van der Waals surface area (Å²) in [6.45, 7) is 0.676. The van der Waals surface area contributed by atoms with Gasteiger partial charge in [-0.25, -0.2) is 4.98 Å². The number of anilines is 1. The molecule has 1 aliphatic rings. The van der Waals surface area contributed by atoms with Gasteiger partial charge in [0.15, 0.2) is 0 Å². The van der Waals surface area contributed by atoms with Crippen molar-refractivity contribution >= 4 is 29.0 Å². The number of hydrogen-bond acceptors (Lipinski definition) is 6. The van der Waals surface area contributed by atoms with E-state index in [1.165, 1.54) is 24.0 Å². The molecule has 2 aromatic rings. The third kappa shape index (κ3) is 3.34. The van der Waals surface area contributed by atoms with Crippen LogP contribution in [0.4, 0.5) is 11.4 Å². The molecule has 9 heteroatoms. The van der Waals surface area contributed by atoms with Crippen LogP contribution in [0.25, 0.3) is 0 Å². The van der Waals surface area contributed by atoms with Gasteiger partial charge in [-0.2, -0.15) is 5.10 Å². The van der Waals surface area contributed by atoms with Crippen molar-refractivity contribution in [2.24, 2.45) is 7.05 Å². The fraction of sp³-hybridized carbons (Fsp3) is 0.357. The number of aryl methyl sites for hydroxylation is 1. The summed E-state index contributed by atoms with van der Waals surface area (Å²) in [6.07, 6.45) is 6.36. The van der Waals surface area contributed by atoms with Gasteiger partial charge in [-0.15, -0.1) is 0 Å². The average molecular weight is 333 g/mol. The number of amides is 1. The first-order chi connectivity index (χ1) is 11.0. The minimum Gasteiger partial charge on any atom is -0.309 e. The third-order valence-corrected chi connectivity index (χ3v) is 4.79. The van der Waals surface area contributed by atoms with E-state index in [9.17, 15) is 14.9 Å². The molecule has 8 nitrogen and oxygen atoms in total. The zero-order valence-electron chi connectivity index (χ0n) is 12.5. The van der Waals surface area contributed by atoms with Crippen LogP contribution in [0.5, 0.6) is 0 Å². The van der Waals surface area contributed by atoms with Gasteiger partial charge in [0, 0.05) is 25.9 Å². The second-order valence-electron chi connectivity index (χ2n) is 5.22. The van der Waals surface area contributed by atoms with E-state index in [0.717, 1.165) is 18.5 Å². The standard InChI is InChI=1S/C14H15N5O3S/c1-17-9-11(8-16-17)18-6-2-3-12(14(18)20)23-13-5-4-10(7-15-13)19(21)22/h4-5,7-9,12H,2-3,6H2,1H3. The Bertz CT molecular complexity index is 730. The lowest BCUT2D eigenvalue weighted by Gasteiger charge is -2.30. The average Bonchev–Trinajstić information content (AvgIpc) is 2.96. The number of rotatable bonds is 4. The molecule has 0 saturated carbocycles. The molecule has 1 fully saturated rings. The molecule has 3 heterocycles. The lowest BCUT2D eigenvalue weighted by Crippen LogP contribution is -2.42. The maximum absolute atomic E-state index is 12.6. The Balaban J connectivity index is 1.72. The molecule has 0 bridgehead atoms. The Hall–Kier alpha value is -2.42. The fourth-order valence-corrected chi connectivity index (χ4v) is 3.52. The van der Waals surface area contributed by atoms with Crippen LogP contribution >= 0.6 is 11.8 Å². The molecule has 0 radical (unpaired) electrons. The Morgan fingerprint density at radius 3 is 2.83 bits per heavy atom. The van der Waals surface area contributed by atoms with E-state index in [2.05, 4.69) is 10.1 Å². The molecule has 0 spiro atoms. The van der Waals surface area contributed by atoms with Crippen LogP contribution in [-0.4, -0.2) is 37.4 Å². The van der Waals surface area contributed by atoms with Crippen molar-refractivity contribution < 1.29 is 9.72 Å². The summed E-state index contributed by atoms with van der Waals surface area (Å²) >= 11 is 1.35. The SMILES string of the molecule is Cn1cc(N2CCCC(Sc3ccc([N+](=O)[O-])cn3)C2=O)cn1. The van der Waals surface area contributed by atoms with Crippen LogP contribution in [-0.2, 0) is 11.8 Å². The Morgan fingerprint density at radius 1 is 1.39 bits per heavy atom. The van der Waals surface area contributed by atoms with Crippen molar-refractivity contribution in [3.63, 3.8) is 0 Å². The number of aromatic nitrogens is 3. The normalized spacial score (nSPS) is 18.2. The second-order valence-corrected chi connectivity index (χ2v) is 6.45. The number of hydrogen-bond donors (Lipinski definition) is 0. The van der Waals surface area contributed by atoms with Crippen molar-refractivity contribution in [1.29, 1.82) is 0 Å². The second kappa shape index (κ2) is 6.37. The van der Waals surface area contributed by atoms with Crippen molar-refractivity contribution in [2.75, 3.05) is 11.4 Å². The van der Waals surface area contributed by atoms with E-state index in [1.54, 1.807) is 21.8 Å². The van der Waals surface area contributed by atoms with E-state index in [-0.39, 0.29) is 16.8 Å². The summed E-state index contributed by atoms with van der Waals surface area (Å²) < 4.78 is 1.66. The molecule has 1 unspecified atom stereocenters. The highest BCUT2D eigenvalue weighted by Crippen LogP contribution is 2.31. The smallest absolute Gasteiger partial charge is 0.287 e. The van der Waals surface area contributed by atoms with Crippen LogP contribution in [0.15, 0.2) is 35.7 Å². The molecule has 1 saturated heterocycles. The van der Waals surface area contributed by atoms with Crippen LogP contribution < -0.4 is 4.90 Å². The summed E-state index contributed by atoms with van der Waals surface area (Å²) in [4.78, 5) is 28.6.